The minimum Gasteiger partial charge on any atom is -0.299 e. The Morgan fingerprint density at radius 1 is 0.714 bits per heavy atom. The lowest BCUT2D eigenvalue weighted by Crippen LogP contribution is -2.82. The summed E-state index contributed by atoms with van der Waals surface area (Å²) in [4.78, 5) is 23.7. The van der Waals surface area contributed by atoms with Gasteiger partial charge in [0.25, 0.3) is 0 Å². The van der Waals surface area contributed by atoms with E-state index in [1.165, 1.54) is 0 Å². The second kappa shape index (κ2) is 1.62. The van der Waals surface area contributed by atoms with Crippen LogP contribution in [-0.2, 0) is 9.59 Å². The van der Waals surface area contributed by atoms with Crippen LogP contribution in [0.4, 0.5) is 0 Å². The van der Waals surface area contributed by atoms with Crippen molar-refractivity contribution < 1.29 is 9.59 Å². The molecule has 0 saturated heterocycles. The summed E-state index contributed by atoms with van der Waals surface area (Å²) >= 11 is 0. The predicted molar refractivity (Wildman–Crippen MR) is 47.2 cm³/mol. The number of hydrogen-bond acceptors (Lipinski definition) is 2. The van der Waals surface area contributed by atoms with Crippen molar-refractivity contribution in [2.24, 2.45) is 47.3 Å². The molecule has 0 aromatic rings. The molecule has 0 amide bonds. The van der Waals surface area contributed by atoms with Crippen molar-refractivity contribution in [1.82, 2.24) is 0 Å². The molecule has 0 aliphatic heterocycles. The third-order valence-corrected chi connectivity index (χ3v) is 6.14. The van der Waals surface area contributed by atoms with Gasteiger partial charge in [0, 0.05) is 24.7 Å². The SMILES string of the molecule is O=C1C[C@@H]2[C@@H]3[C@@H]4[C@H]5CC(=O)[C@@H]([C@H]1[C@H]53)[C@H]24. The Labute approximate surface area is 82.0 Å². The van der Waals surface area contributed by atoms with E-state index in [0.717, 1.165) is 24.7 Å². The molecule has 0 spiro atoms. The Bertz CT molecular complexity index is 361. The van der Waals surface area contributed by atoms with Crippen molar-refractivity contribution in [2.75, 3.05) is 0 Å². The molecule has 8 bridgehead atoms. The predicted octanol–water partition coefficient (Wildman–Crippen LogP) is 0.902. The maximum Gasteiger partial charge on any atom is 0.137 e. The highest BCUT2D eigenvalue weighted by molar-refractivity contribution is 5.96. The molecular formula is C12H12O2. The summed E-state index contributed by atoms with van der Waals surface area (Å²) in [6.45, 7) is 0. The summed E-state index contributed by atoms with van der Waals surface area (Å²) in [7, 11) is 0. The van der Waals surface area contributed by atoms with E-state index in [1.807, 2.05) is 0 Å². The van der Waals surface area contributed by atoms with Gasteiger partial charge in [-0.15, -0.1) is 0 Å². The maximum absolute atomic E-state index is 11.8. The van der Waals surface area contributed by atoms with Crippen LogP contribution in [0.2, 0.25) is 0 Å². The highest BCUT2D eigenvalue weighted by Gasteiger charge is 2.81. The Morgan fingerprint density at radius 3 is 1.57 bits per heavy atom. The molecule has 9 saturated carbocycles. The first-order valence-corrected chi connectivity index (χ1v) is 5.84. The van der Waals surface area contributed by atoms with Crippen LogP contribution < -0.4 is 0 Å². The average Bonchev–Trinajstić information content (AvgIpc) is 2.16. The van der Waals surface area contributed by atoms with Crippen molar-refractivity contribution in [2.45, 2.75) is 12.8 Å². The van der Waals surface area contributed by atoms with Crippen molar-refractivity contribution in [3.05, 3.63) is 0 Å². The van der Waals surface area contributed by atoms with Gasteiger partial charge in [0.1, 0.15) is 11.6 Å². The summed E-state index contributed by atoms with van der Waals surface area (Å²) in [5.74, 6) is 5.67. The van der Waals surface area contributed by atoms with Crippen molar-refractivity contribution in [3.8, 4) is 0 Å². The van der Waals surface area contributed by atoms with Crippen LogP contribution in [0.5, 0.6) is 0 Å². The molecule has 8 atom stereocenters. The van der Waals surface area contributed by atoms with Gasteiger partial charge < -0.3 is 0 Å². The van der Waals surface area contributed by atoms with Crippen molar-refractivity contribution in [1.29, 1.82) is 0 Å². The topological polar surface area (TPSA) is 34.1 Å². The van der Waals surface area contributed by atoms with Gasteiger partial charge in [-0.1, -0.05) is 0 Å². The fourth-order valence-electron chi connectivity index (χ4n) is 6.05. The van der Waals surface area contributed by atoms with E-state index in [-0.39, 0.29) is 11.8 Å². The molecule has 0 heterocycles. The van der Waals surface area contributed by atoms with E-state index < -0.39 is 0 Å². The first-order valence-electron chi connectivity index (χ1n) is 5.84. The smallest absolute Gasteiger partial charge is 0.137 e. The fourth-order valence-corrected chi connectivity index (χ4v) is 6.05. The third kappa shape index (κ3) is 0.396. The van der Waals surface area contributed by atoms with E-state index in [0.29, 0.717) is 35.2 Å². The van der Waals surface area contributed by atoms with E-state index in [4.69, 9.17) is 0 Å². The fraction of sp³-hybridized carbons (Fsp3) is 0.833. The maximum atomic E-state index is 11.8. The lowest BCUT2D eigenvalue weighted by Gasteiger charge is -2.81. The lowest BCUT2D eigenvalue weighted by molar-refractivity contribution is -0.321. The van der Waals surface area contributed by atoms with Crippen LogP contribution in [0.1, 0.15) is 12.8 Å². The Kier molecular flexibility index (Phi) is 0.780. The molecular weight excluding hydrogens is 176 g/mol. The van der Waals surface area contributed by atoms with E-state index in [1.54, 1.807) is 0 Å². The number of carbonyl (C=O) groups excluding carboxylic acids is 2. The molecule has 14 heavy (non-hydrogen) atoms. The Balaban J connectivity index is 1.77. The second-order valence-electron chi connectivity index (χ2n) is 6.03. The van der Waals surface area contributed by atoms with Gasteiger partial charge in [-0.05, 0) is 35.5 Å². The van der Waals surface area contributed by atoms with E-state index in [9.17, 15) is 9.59 Å². The lowest BCUT2D eigenvalue weighted by atomic mass is 9.21. The Morgan fingerprint density at radius 2 is 1.14 bits per heavy atom. The van der Waals surface area contributed by atoms with Crippen molar-refractivity contribution in [3.63, 3.8) is 0 Å². The summed E-state index contributed by atoms with van der Waals surface area (Å²) in [6, 6.07) is 0. The first-order chi connectivity index (χ1) is 6.79. The zero-order chi connectivity index (χ0) is 9.19. The van der Waals surface area contributed by atoms with Crippen LogP contribution >= 0.6 is 0 Å². The molecule has 0 aromatic carbocycles. The minimum atomic E-state index is 0.200. The highest BCUT2D eigenvalue weighted by Crippen LogP contribution is 2.81. The quantitative estimate of drug-likeness (QED) is 0.566. The molecule has 9 rings (SSSR count). The van der Waals surface area contributed by atoms with Crippen LogP contribution in [-0.4, -0.2) is 11.6 Å². The monoisotopic (exact) mass is 188 g/mol. The standard InChI is InChI=1S/C12H12O2/c13-5-1-3-7-8-4-2-6(14)12(9(3)8)11(5)10(4)7/h3-4,7-12H,1-2H2/t3-,4-,7-,8+,9-,10-,11-,12-/m1/s1. The summed E-state index contributed by atoms with van der Waals surface area (Å²) in [5.41, 5.74) is 0. The van der Waals surface area contributed by atoms with Gasteiger partial charge in [0.2, 0.25) is 0 Å². The Hall–Kier alpha value is -0.660. The summed E-state index contributed by atoms with van der Waals surface area (Å²) in [6.07, 6.45) is 1.65. The van der Waals surface area contributed by atoms with Crippen LogP contribution in [0.15, 0.2) is 0 Å². The van der Waals surface area contributed by atoms with Crippen LogP contribution in [0.25, 0.3) is 0 Å². The summed E-state index contributed by atoms with van der Waals surface area (Å²) < 4.78 is 0. The number of Topliss-reactive ketones (excluding diaryl/α,β-unsaturated/α-hetero) is 2. The molecule has 2 heteroatoms. The van der Waals surface area contributed by atoms with Gasteiger partial charge in [-0.2, -0.15) is 0 Å². The molecule has 9 aliphatic rings. The van der Waals surface area contributed by atoms with Crippen molar-refractivity contribution >= 4 is 11.6 Å². The molecule has 72 valence electrons. The normalized spacial score (nSPS) is 70.6. The van der Waals surface area contributed by atoms with E-state index in [2.05, 4.69) is 0 Å². The molecule has 0 radical (unpaired) electrons. The number of fused-ring (bicyclic) bond motifs is 2. The third-order valence-electron chi connectivity index (χ3n) is 6.14. The largest absolute Gasteiger partial charge is 0.299 e. The van der Waals surface area contributed by atoms with Gasteiger partial charge in [0.15, 0.2) is 0 Å². The zero-order valence-electron chi connectivity index (χ0n) is 7.85. The first kappa shape index (κ1) is 6.76. The molecule has 0 N–H and O–H groups in total. The molecule has 9 fully saturated rings. The number of hydrogen-bond donors (Lipinski definition) is 0. The van der Waals surface area contributed by atoms with Gasteiger partial charge in [-0.25, -0.2) is 0 Å². The van der Waals surface area contributed by atoms with E-state index >= 15 is 0 Å². The van der Waals surface area contributed by atoms with Gasteiger partial charge >= 0.3 is 0 Å². The number of rotatable bonds is 0. The van der Waals surface area contributed by atoms with Gasteiger partial charge in [-0.3, -0.25) is 9.59 Å². The minimum absolute atomic E-state index is 0.200. The molecule has 2 nitrogen and oxygen atoms in total. The van der Waals surface area contributed by atoms with Crippen LogP contribution in [0.3, 0.4) is 0 Å². The average molecular weight is 188 g/mol. The van der Waals surface area contributed by atoms with Gasteiger partial charge in [0.05, 0.1) is 0 Å². The second-order valence-corrected chi connectivity index (χ2v) is 6.03. The summed E-state index contributed by atoms with van der Waals surface area (Å²) in [5, 5.41) is 0. The number of ketones is 2. The highest BCUT2D eigenvalue weighted by atomic mass is 16.1. The molecule has 9 aliphatic carbocycles. The zero-order valence-corrected chi connectivity index (χ0v) is 7.85. The number of carbonyl (C=O) groups is 2. The van der Waals surface area contributed by atoms with Crippen LogP contribution in [0, 0.1) is 47.3 Å². The molecule has 0 aromatic heterocycles. The molecule has 0 unspecified atom stereocenters.